The van der Waals surface area contributed by atoms with Crippen LogP contribution in [0.5, 0.6) is 0 Å². The number of nitrogens with one attached hydrogen (secondary N) is 1. The lowest BCUT2D eigenvalue weighted by atomic mass is 10.4. The Labute approximate surface area is 72.2 Å². The molecule has 0 spiro atoms. The quantitative estimate of drug-likeness (QED) is 0.322. The summed E-state index contributed by atoms with van der Waals surface area (Å²) >= 11 is 0. The molecule has 1 amide bonds. The second kappa shape index (κ2) is 7.02. The molecule has 0 bridgehead atoms. The second-order valence-corrected chi connectivity index (χ2v) is 2.35. The van der Waals surface area contributed by atoms with E-state index in [1.165, 1.54) is 0 Å². The number of rotatable bonds is 6. The van der Waals surface area contributed by atoms with E-state index in [2.05, 4.69) is 0 Å². The van der Waals surface area contributed by atoms with Crippen molar-refractivity contribution in [3.63, 3.8) is 0 Å². The molecule has 0 fully saturated rings. The van der Waals surface area contributed by atoms with Gasteiger partial charge in [0.1, 0.15) is 6.61 Å². The third-order valence-corrected chi connectivity index (χ3v) is 1.22. The van der Waals surface area contributed by atoms with Crippen LogP contribution >= 0.6 is 0 Å². The zero-order valence-corrected chi connectivity index (χ0v) is 7.50. The van der Waals surface area contributed by atoms with E-state index < -0.39 is 0 Å². The Hall–Kier alpha value is -0.650. The smallest absolute Gasteiger partial charge is 0.259 e. The van der Waals surface area contributed by atoms with Crippen LogP contribution in [0.4, 0.5) is 0 Å². The highest BCUT2D eigenvalue weighted by Gasteiger charge is 2.04. The minimum absolute atomic E-state index is 0.0231. The van der Waals surface area contributed by atoms with Gasteiger partial charge in [0, 0.05) is 6.61 Å². The average molecular weight is 176 g/mol. The number of ether oxygens (including phenoxy) is 2. The molecule has 1 unspecified atom stereocenters. The summed E-state index contributed by atoms with van der Waals surface area (Å²) < 4.78 is 10.2. The monoisotopic (exact) mass is 176 g/mol. The molecule has 0 radical (unpaired) electrons. The van der Waals surface area contributed by atoms with E-state index in [0.29, 0.717) is 13.2 Å². The van der Waals surface area contributed by atoms with Gasteiger partial charge in [0.25, 0.3) is 5.91 Å². The first kappa shape index (κ1) is 11.4. The summed E-state index contributed by atoms with van der Waals surface area (Å²) in [5, 5.41) is 0. The van der Waals surface area contributed by atoms with Gasteiger partial charge in [-0.2, -0.15) is 0 Å². The summed E-state index contributed by atoms with van der Waals surface area (Å²) in [4.78, 5) is 10.6. The maximum absolute atomic E-state index is 10.6. The number of amides is 1. The summed E-state index contributed by atoms with van der Waals surface area (Å²) in [6.45, 7) is 4.86. The van der Waals surface area contributed by atoms with Gasteiger partial charge in [-0.05, 0) is 13.8 Å². The van der Waals surface area contributed by atoms with Crippen molar-refractivity contribution in [1.29, 1.82) is 0 Å². The van der Waals surface area contributed by atoms with Crippen LogP contribution in [0.3, 0.4) is 0 Å². The first-order valence-electron chi connectivity index (χ1n) is 3.89. The van der Waals surface area contributed by atoms with Crippen molar-refractivity contribution >= 4 is 5.91 Å². The van der Waals surface area contributed by atoms with Crippen LogP contribution in [-0.4, -0.2) is 31.8 Å². The highest BCUT2D eigenvalue weighted by Crippen LogP contribution is 1.90. The van der Waals surface area contributed by atoms with Gasteiger partial charge in [0.15, 0.2) is 0 Å². The maximum Gasteiger partial charge on any atom is 0.259 e. The summed E-state index contributed by atoms with van der Waals surface area (Å²) in [7, 11) is 0. The van der Waals surface area contributed by atoms with Crippen molar-refractivity contribution in [2.45, 2.75) is 20.0 Å². The Bertz CT molecular complexity index is 130. The first-order chi connectivity index (χ1) is 5.70. The predicted molar refractivity (Wildman–Crippen MR) is 44.2 cm³/mol. The van der Waals surface area contributed by atoms with Gasteiger partial charge in [0.2, 0.25) is 0 Å². The van der Waals surface area contributed by atoms with Crippen LogP contribution in [0.25, 0.3) is 0 Å². The Morgan fingerprint density at radius 1 is 1.67 bits per heavy atom. The molecular formula is C7H16N2O3. The van der Waals surface area contributed by atoms with Crippen LogP contribution in [0, 0.1) is 0 Å². The van der Waals surface area contributed by atoms with E-state index in [1.54, 1.807) is 0 Å². The SMILES string of the molecule is CCOCC(C)OCC(=O)NN. The van der Waals surface area contributed by atoms with E-state index in [-0.39, 0.29) is 18.6 Å². The summed E-state index contributed by atoms with van der Waals surface area (Å²) in [5.74, 6) is 4.51. The van der Waals surface area contributed by atoms with Crippen molar-refractivity contribution in [3.05, 3.63) is 0 Å². The van der Waals surface area contributed by atoms with Crippen LogP contribution in [-0.2, 0) is 14.3 Å². The Morgan fingerprint density at radius 2 is 2.33 bits per heavy atom. The van der Waals surface area contributed by atoms with Crippen molar-refractivity contribution in [2.24, 2.45) is 5.84 Å². The number of hydrogen-bond acceptors (Lipinski definition) is 4. The van der Waals surface area contributed by atoms with Gasteiger partial charge >= 0.3 is 0 Å². The molecule has 0 saturated carbocycles. The molecule has 0 aromatic rings. The largest absolute Gasteiger partial charge is 0.379 e. The van der Waals surface area contributed by atoms with E-state index >= 15 is 0 Å². The highest BCUT2D eigenvalue weighted by atomic mass is 16.5. The van der Waals surface area contributed by atoms with Crippen molar-refractivity contribution < 1.29 is 14.3 Å². The zero-order chi connectivity index (χ0) is 9.40. The molecule has 72 valence electrons. The number of hydrogen-bond donors (Lipinski definition) is 2. The van der Waals surface area contributed by atoms with Gasteiger partial charge in [-0.25, -0.2) is 5.84 Å². The number of carbonyl (C=O) groups excluding carboxylic acids is 1. The van der Waals surface area contributed by atoms with Gasteiger partial charge < -0.3 is 9.47 Å². The van der Waals surface area contributed by atoms with Crippen molar-refractivity contribution in [2.75, 3.05) is 19.8 Å². The molecule has 5 nitrogen and oxygen atoms in total. The molecule has 0 aliphatic heterocycles. The van der Waals surface area contributed by atoms with Crippen LogP contribution in [0.1, 0.15) is 13.8 Å². The third kappa shape index (κ3) is 6.09. The van der Waals surface area contributed by atoms with Crippen LogP contribution in [0.15, 0.2) is 0 Å². The molecule has 0 aromatic heterocycles. The molecule has 0 heterocycles. The van der Waals surface area contributed by atoms with Gasteiger partial charge in [0.05, 0.1) is 12.7 Å². The topological polar surface area (TPSA) is 73.6 Å². The molecule has 0 aliphatic carbocycles. The lowest BCUT2D eigenvalue weighted by Crippen LogP contribution is -2.35. The first-order valence-corrected chi connectivity index (χ1v) is 3.89. The molecule has 0 aromatic carbocycles. The zero-order valence-electron chi connectivity index (χ0n) is 7.50. The minimum atomic E-state index is -0.335. The lowest BCUT2D eigenvalue weighted by molar-refractivity contribution is -0.128. The van der Waals surface area contributed by atoms with Crippen LogP contribution in [0.2, 0.25) is 0 Å². The fourth-order valence-corrected chi connectivity index (χ4v) is 0.592. The minimum Gasteiger partial charge on any atom is -0.379 e. The fraction of sp³-hybridized carbons (Fsp3) is 0.857. The Balaban J connectivity index is 3.30. The van der Waals surface area contributed by atoms with Gasteiger partial charge in [-0.1, -0.05) is 0 Å². The predicted octanol–water partition coefficient (Wildman–Crippen LogP) is -0.582. The summed E-state index contributed by atoms with van der Waals surface area (Å²) in [5.41, 5.74) is 1.97. The van der Waals surface area contributed by atoms with Crippen molar-refractivity contribution in [1.82, 2.24) is 5.43 Å². The average Bonchev–Trinajstić information content (AvgIpc) is 2.10. The van der Waals surface area contributed by atoms with Gasteiger partial charge in [-0.15, -0.1) is 0 Å². The highest BCUT2D eigenvalue weighted by molar-refractivity contribution is 5.76. The van der Waals surface area contributed by atoms with E-state index in [9.17, 15) is 4.79 Å². The second-order valence-electron chi connectivity index (χ2n) is 2.35. The maximum atomic E-state index is 10.6. The molecule has 0 saturated heterocycles. The summed E-state index contributed by atoms with van der Waals surface area (Å²) in [6.07, 6.45) is -0.0813. The molecule has 5 heteroatoms. The molecule has 0 rings (SSSR count). The fourth-order valence-electron chi connectivity index (χ4n) is 0.592. The van der Waals surface area contributed by atoms with E-state index in [1.807, 2.05) is 19.3 Å². The number of nitrogens with two attached hydrogens (primary N) is 1. The summed E-state index contributed by atoms with van der Waals surface area (Å²) in [6, 6.07) is 0. The normalized spacial score (nSPS) is 12.6. The van der Waals surface area contributed by atoms with Gasteiger partial charge in [-0.3, -0.25) is 10.2 Å². The third-order valence-electron chi connectivity index (χ3n) is 1.22. The Kier molecular flexibility index (Phi) is 6.64. The molecule has 12 heavy (non-hydrogen) atoms. The van der Waals surface area contributed by atoms with E-state index in [4.69, 9.17) is 15.3 Å². The van der Waals surface area contributed by atoms with E-state index in [0.717, 1.165) is 0 Å². The molecule has 1 atom stereocenters. The molecular weight excluding hydrogens is 160 g/mol. The van der Waals surface area contributed by atoms with Crippen LogP contribution < -0.4 is 11.3 Å². The number of hydrazine groups is 1. The Morgan fingerprint density at radius 3 is 2.83 bits per heavy atom. The standard InChI is InChI=1S/C7H16N2O3/c1-3-11-4-6(2)12-5-7(10)9-8/h6H,3-5,8H2,1-2H3,(H,9,10). The molecule has 3 N–H and O–H groups in total. The number of carbonyl (C=O) groups is 1. The van der Waals surface area contributed by atoms with Crippen molar-refractivity contribution in [3.8, 4) is 0 Å². The molecule has 0 aliphatic rings. The lowest BCUT2D eigenvalue weighted by Gasteiger charge is -2.11.